The van der Waals surface area contributed by atoms with Crippen LogP contribution in [0, 0.1) is 5.92 Å². The summed E-state index contributed by atoms with van der Waals surface area (Å²) in [6, 6.07) is 0. The summed E-state index contributed by atoms with van der Waals surface area (Å²) in [4.78, 5) is 21.9. The Morgan fingerprint density at radius 2 is 2.14 bits per heavy atom. The molecule has 0 aliphatic heterocycles. The number of carbonyl (C=O) groups is 2. The molecule has 0 fully saturated rings. The van der Waals surface area contributed by atoms with Gasteiger partial charge in [0.05, 0.1) is 5.92 Å². The first-order chi connectivity index (χ1) is 6.61. The zero-order valence-electron chi connectivity index (χ0n) is 8.91. The Morgan fingerprint density at radius 1 is 1.50 bits per heavy atom. The fraction of sp³-hybridized carbons (Fsp3) is 0.636. The zero-order valence-corrected chi connectivity index (χ0v) is 8.91. The molecule has 0 aromatic carbocycles. The molecular weight excluding hydrogens is 180 g/mol. The van der Waals surface area contributed by atoms with Crippen molar-refractivity contribution in [1.29, 1.82) is 0 Å². The van der Waals surface area contributed by atoms with Crippen molar-refractivity contribution in [3.8, 4) is 0 Å². The smallest absolute Gasteiger partial charge is 0.316 e. The van der Waals surface area contributed by atoms with Crippen molar-refractivity contribution in [2.24, 2.45) is 5.92 Å². The van der Waals surface area contributed by atoms with Crippen LogP contribution >= 0.6 is 0 Å². The van der Waals surface area contributed by atoms with Gasteiger partial charge in [-0.2, -0.15) is 0 Å². The molecule has 0 N–H and O–H groups in total. The minimum absolute atomic E-state index is 0.212. The highest BCUT2D eigenvalue weighted by Crippen LogP contribution is 2.15. The minimum atomic E-state index is -0.541. The fourth-order valence-electron chi connectivity index (χ4n) is 1.21. The average molecular weight is 198 g/mol. The quantitative estimate of drug-likeness (QED) is 0.374. The van der Waals surface area contributed by atoms with E-state index in [4.69, 9.17) is 0 Å². The normalized spacial score (nSPS) is 11.9. The monoisotopic (exact) mass is 198 g/mol. The van der Waals surface area contributed by atoms with E-state index in [2.05, 4.69) is 18.2 Å². The lowest BCUT2D eigenvalue weighted by Crippen LogP contribution is -2.19. The second-order valence-electron chi connectivity index (χ2n) is 3.28. The second kappa shape index (κ2) is 7.30. The number of hydrogen-bond acceptors (Lipinski definition) is 3. The van der Waals surface area contributed by atoms with Crippen LogP contribution in [-0.2, 0) is 14.3 Å². The summed E-state index contributed by atoms with van der Waals surface area (Å²) in [5.41, 5.74) is 0. The summed E-state index contributed by atoms with van der Waals surface area (Å²) < 4.78 is 4.54. The van der Waals surface area contributed by atoms with Gasteiger partial charge in [0.15, 0.2) is 0 Å². The Hall–Kier alpha value is -1.12. The van der Waals surface area contributed by atoms with Crippen molar-refractivity contribution in [1.82, 2.24) is 0 Å². The maximum atomic E-state index is 11.4. The molecule has 0 aliphatic rings. The number of allylic oxidation sites excluding steroid dienone is 1. The summed E-state index contributed by atoms with van der Waals surface area (Å²) in [5, 5.41) is 0. The lowest BCUT2D eigenvalue weighted by molar-refractivity contribution is -0.161. The van der Waals surface area contributed by atoms with Crippen LogP contribution in [0.5, 0.6) is 0 Å². The molecule has 0 saturated carbocycles. The maximum absolute atomic E-state index is 11.4. The number of unbranched alkanes of at least 4 members (excludes halogenated alkanes) is 1. The topological polar surface area (TPSA) is 43.4 Å². The van der Waals surface area contributed by atoms with Gasteiger partial charge in [0, 0.05) is 6.92 Å². The molecule has 0 rings (SSSR count). The third-order valence-corrected chi connectivity index (χ3v) is 1.93. The maximum Gasteiger partial charge on any atom is 0.316 e. The van der Waals surface area contributed by atoms with E-state index in [1.54, 1.807) is 6.08 Å². The van der Waals surface area contributed by atoms with Crippen LogP contribution in [0.25, 0.3) is 0 Å². The predicted octanol–water partition coefficient (Wildman–Crippen LogP) is 2.46. The first-order valence-corrected chi connectivity index (χ1v) is 4.95. The third kappa shape index (κ3) is 5.51. The number of rotatable bonds is 6. The molecule has 0 spiro atoms. The van der Waals surface area contributed by atoms with Gasteiger partial charge in [0.2, 0.25) is 0 Å². The molecule has 80 valence electrons. The molecule has 3 nitrogen and oxygen atoms in total. The van der Waals surface area contributed by atoms with E-state index in [0.29, 0.717) is 6.42 Å². The van der Waals surface area contributed by atoms with Crippen LogP contribution < -0.4 is 0 Å². The van der Waals surface area contributed by atoms with Crippen LogP contribution in [0.1, 0.15) is 39.5 Å². The molecule has 3 heteroatoms. The molecule has 1 unspecified atom stereocenters. The van der Waals surface area contributed by atoms with Gasteiger partial charge >= 0.3 is 11.9 Å². The Labute approximate surface area is 85.1 Å². The zero-order chi connectivity index (χ0) is 11.0. The van der Waals surface area contributed by atoms with Crippen molar-refractivity contribution < 1.29 is 14.3 Å². The summed E-state index contributed by atoms with van der Waals surface area (Å²) in [5.74, 6) is -1.18. The Kier molecular flexibility index (Phi) is 6.72. The summed E-state index contributed by atoms with van der Waals surface area (Å²) in [6.07, 6.45) is 5.01. The summed E-state index contributed by atoms with van der Waals surface area (Å²) in [6.45, 7) is 6.87. The fourth-order valence-corrected chi connectivity index (χ4v) is 1.21. The molecule has 0 saturated heterocycles. The highest BCUT2D eigenvalue weighted by molar-refractivity contribution is 5.85. The van der Waals surface area contributed by atoms with Gasteiger partial charge in [-0.1, -0.05) is 25.8 Å². The van der Waals surface area contributed by atoms with Crippen molar-refractivity contribution in [3.05, 3.63) is 12.7 Å². The molecule has 0 heterocycles. The van der Waals surface area contributed by atoms with Gasteiger partial charge in [0.1, 0.15) is 0 Å². The van der Waals surface area contributed by atoms with Gasteiger partial charge in [-0.05, 0) is 12.8 Å². The van der Waals surface area contributed by atoms with Crippen molar-refractivity contribution in [2.75, 3.05) is 0 Å². The van der Waals surface area contributed by atoms with E-state index in [9.17, 15) is 9.59 Å². The van der Waals surface area contributed by atoms with E-state index in [1.807, 2.05) is 0 Å². The Morgan fingerprint density at radius 3 is 2.57 bits per heavy atom. The molecule has 14 heavy (non-hydrogen) atoms. The number of esters is 2. The second-order valence-corrected chi connectivity index (χ2v) is 3.28. The highest BCUT2D eigenvalue weighted by atomic mass is 16.6. The van der Waals surface area contributed by atoms with Gasteiger partial charge in [0.25, 0.3) is 0 Å². The van der Waals surface area contributed by atoms with Crippen LogP contribution in [0.2, 0.25) is 0 Å². The third-order valence-electron chi connectivity index (χ3n) is 1.93. The first-order valence-electron chi connectivity index (χ1n) is 4.95. The van der Waals surface area contributed by atoms with E-state index < -0.39 is 11.9 Å². The molecule has 0 amide bonds. The molecule has 1 atom stereocenters. The molecule has 0 aliphatic carbocycles. The van der Waals surface area contributed by atoms with E-state index >= 15 is 0 Å². The van der Waals surface area contributed by atoms with Gasteiger partial charge in [-0.25, -0.2) is 0 Å². The summed E-state index contributed by atoms with van der Waals surface area (Å²) in [7, 11) is 0. The van der Waals surface area contributed by atoms with Crippen LogP contribution in [0.3, 0.4) is 0 Å². The number of ether oxygens (including phenoxy) is 1. The van der Waals surface area contributed by atoms with Crippen molar-refractivity contribution in [3.63, 3.8) is 0 Å². The van der Waals surface area contributed by atoms with E-state index in [1.165, 1.54) is 6.92 Å². The van der Waals surface area contributed by atoms with E-state index in [-0.39, 0.29) is 5.92 Å². The molecule has 0 aromatic heterocycles. The number of carbonyl (C=O) groups excluding carboxylic acids is 2. The van der Waals surface area contributed by atoms with Gasteiger partial charge in [-0.15, -0.1) is 6.58 Å². The predicted molar refractivity (Wildman–Crippen MR) is 54.6 cm³/mol. The largest absolute Gasteiger partial charge is 0.393 e. The number of hydrogen-bond donors (Lipinski definition) is 0. The van der Waals surface area contributed by atoms with Gasteiger partial charge < -0.3 is 4.74 Å². The molecule has 0 bridgehead atoms. The standard InChI is InChI=1S/C11H18O3/c1-4-6-8-10(7-5-2)11(13)14-9(3)12/h5,10H,2,4,6-8H2,1,3H3. The van der Waals surface area contributed by atoms with Crippen LogP contribution in [0.4, 0.5) is 0 Å². The molecule has 0 radical (unpaired) electrons. The lowest BCUT2D eigenvalue weighted by Gasteiger charge is -2.11. The van der Waals surface area contributed by atoms with E-state index in [0.717, 1.165) is 19.3 Å². The average Bonchev–Trinajstić information content (AvgIpc) is 2.10. The van der Waals surface area contributed by atoms with Crippen LogP contribution in [-0.4, -0.2) is 11.9 Å². The SMILES string of the molecule is C=CCC(CCCC)C(=O)OC(C)=O. The minimum Gasteiger partial charge on any atom is -0.393 e. The van der Waals surface area contributed by atoms with Crippen LogP contribution in [0.15, 0.2) is 12.7 Å². The first kappa shape index (κ1) is 12.9. The molecule has 0 aromatic rings. The lowest BCUT2D eigenvalue weighted by atomic mass is 9.99. The molecular formula is C11H18O3. The van der Waals surface area contributed by atoms with Gasteiger partial charge in [-0.3, -0.25) is 9.59 Å². The Balaban J connectivity index is 4.09. The Bertz CT molecular complexity index is 209. The van der Waals surface area contributed by atoms with Crippen molar-refractivity contribution >= 4 is 11.9 Å². The summed E-state index contributed by atoms with van der Waals surface area (Å²) >= 11 is 0. The van der Waals surface area contributed by atoms with Crippen molar-refractivity contribution in [2.45, 2.75) is 39.5 Å². The highest BCUT2D eigenvalue weighted by Gasteiger charge is 2.19.